The molecular formula is C19H25N3O2S. The molecular weight excluding hydrogens is 334 g/mol. The first-order chi connectivity index (χ1) is 12.1. The number of esters is 1. The molecule has 2 aliphatic heterocycles. The summed E-state index contributed by atoms with van der Waals surface area (Å²) in [5.41, 5.74) is 4.96. The molecule has 0 aromatic carbocycles. The number of nitrogens with zero attached hydrogens (tertiary/aromatic N) is 3. The Morgan fingerprint density at radius 1 is 1.36 bits per heavy atom. The van der Waals surface area contributed by atoms with Gasteiger partial charge >= 0.3 is 5.97 Å². The van der Waals surface area contributed by atoms with Gasteiger partial charge in [0.25, 0.3) is 0 Å². The highest BCUT2D eigenvalue weighted by Crippen LogP contribution is 2.45. The van der Waals surface area contributed by atoms with Crippen LogP contribution in [0.4, 0.5) is 0 Å². The van der Waals surface area contributed by atoms with Crippen molar-refractivity contribution in [2.45, 2.75) is 64.6 Å². The van der Waals surface area contributed by atoms with Crippen LogP contribution < -0.4 is 0 Å². The maximum Gasteiger partial charge on any atom is 0.307 e. The number of hydrogen-bond donors (Lipinski definition) is 0. The smallest absolute Gasteiger partial charge is 0.307 e. The Morgan fingerprint density at radius 3 is 2.96 bits per heavy atom. The van der Waals surface area contributed by atoms with E-state index in [0.717, 1.165) is 0 Å². The zero-order chi connectivity index (χ0) is 17.6. The number of rotatable bonds is 4. The van der Waals surface area contributed by atoms with Crippen molar-refractivity contribution in [1.29, 1.82) is 0 Å². The van der Waals surface area contributed by atoms with Gasteiger partial charge in [0, 0.05) is 28.9 Å². The number of carbonyl (C=O) groups excluding carboxylic acids is 1. The van der Waals surface area contributed by atoms with Crippen molar-refractivity contribution >= 4 is 28.6 Å². The summed E-state index contributed by atoms with van der Waals surface area (Å²) in [6.45, 7) is 4.92. The van der Waals surface area contributed by atoms with E-state index in [4.69, 9.17) is 9.73 Å². The predicted molar refractivity (Wildman–Crippen MR) is 101 cm³/mol. The molecule has 1 fully saturated rings. The molecule has 4 rings (SSSR count). The van der Waals surface area contributed by atoms with E-state index in [1.54, 1.807) is 11.8 Å². The molecule has 1 aliphatic carbocycles. The van der Waals surface area contributed by atoms with Crippen LogP contribution in [0.25, 0.3) is 5.70 Å². The van der Waals surface area contributed by atoms with Crippen LogP contribution in [0.3, 0.4) is 0 Å². The number of amidine groups is 1. The molecule has 134 valence electrons. The molecule has 0 amide bonds. The molecule has 6 heteroatoms. The first-order valence-corrected chi connectivity index (χ1v) is 9.96. The number of aromatic nitrogens is 1. The van der Waals surface area contributed by atoms with Gasteiger partial charge in [-0.25, -0.2) is 0 Å². The number of ether oxygens (including phenoxy) is 1. The predicted octanol–water partition coefficient (Wildman–Crippen LogP) is 3.70. The van der Waals surface area contributed by atoms with Gasteiger partial charge in [0.1, 0.15) is 0 Å². The first-order valence-electron chi connectivity index (χ1n) is 9.08. The lowest BCUT2D eigenvalue weighted by atomic mass is 9.90. The average molecular weight is 359 g/mol. The van der Waals surface area contributed by atoms with E-state index in [9.17, 15) is 4.79 Å². The third kappa shape index (κ3) is 2.80. The van der Waals surface area contributed by atoms with Crippen LogP contribution in [0, 0.1) is 13.8 Å². The molecule has 3 aliphatic rings. The van der Waals surface area contributed by atoms with Gasteiger partial charge in [0.15, 0.2) is 5.17 Å². The largest absolute Gasteiger partial charge is 0.469 e. The maximum atomic E-state index is 11.5. The minimum atomic E-state index is -0.163. The zero-order valence-corrected chi connectivity index (χ0v) is 15.9. The highest BCUT2D eigenvalue weighted by atomic mass is 32.2. The fraction of sp³-hybridized carbons (Fsp3) is 0.579. The first kappa shape index (κ1) is 16.8. The Morgan fingerprint density at radius 2 is 2.16 bits per heavy atom. The minimum Gasteiger partial charge on any atom is -0.469 e. The number of aryl methyl sites for hydroxylation is 1. The molecule has 0 radical (unpaired) electrons. The summed E-state index contributed by atoms with van der Waals surface area (Å²) in [4.78, 5) is 18.9. The Balaban J connectivity index is 1.60. The SMILES string of the molecule is COC(=O)CCn1c(C)cc(C2=CSC3=N[C@@H]4CCCC[C@@H]4N23)c1C. The molecule has 0 saturated heterocycles. The van der Waals surface area contributed by atoms with Gasteiger partial charge in [0.05, 0.1) is 31.3 Å². The lowest BCUT2D eigenvalue weighted by Crippen LogP contribution is -2.38. The molecule has 5 nitrogen and oxygen atoms in total. The van der Waals surface area contributed by atoms with Gasteiger partial charge in [-0.3, -0.25) is 9.79 Å². The summed E-state index contributed by atoms with van der Waals surface area (Å²) in [5.74, 6) is -0.163. The van der Waals surface area contributed by atoms with Gasteiger partial charge in [-0.2, -0.15) is 0 Å². The lowest BCUT2D eigenvalue weighted by molar-refractivity contribution is -0.140. The number of hydrogen-bond acceptors (Lipinski definition) is 5. The standard InChI is InChI=1S/C19H25N3O2S/c1-12-10-14(13(2)21(12)9-8-18(23)24-3)17-11-25-19-20-15-6-4-5-7-16(15)22(17)19/h10-11,15-16H,4-9H2,1-3H3/t15-,16+/m1/s1. The highest BCUT2D eigenvalue weighted by molar-refractivity contribution is 8.16. The third-order valence-electron chi connectivity index (χ3n) is 5.66. The molecule has 1 aromatic rings. The van der Waals surface area contributed by atoms with E-state index in [1.165, 1.54) is 60.6 Å². The van der Waals surface area contributed by atoms with E-state index in [2.05, 4.69) is 34.8 Å². The van der Waals surface area contributed by atoms with Crippen LogP contribution in [0.5, 0.6) is 0 Å². The average Bonchev–Trinajstić information content (AvgIpc) is 3.25. The van der Waals surface area contributed by atoms with Crippen molar-refractivity contribution in [2.24, 2.45) is 4.99 Å². The molecule has 25 heavy (non-hydrogen) atoms. The molecule has 0 spiro atoms. The molecule has 2 atom stereocenters. The fourth-order valence-electron chi connectivity index (χ4n) is 4.33. The van der Waals surface area contributed by atoms with Crippen molar-refractivity contribution in [3.05, 3.63) is 28.4 Å². The molecule has 0 N–H and O–H groups in total. The van der Waals surface area contributed by atoms with E-state index < -0.39 is 0 Å². The van der Waals surface area contributed by atoms with Gasteiger partial charge in [-0.1, -0.05) is 24.6 Å². The van der Waals surface area contributed by atoms with Crippen LogP contribution in [0.15, 0.2) is 16.5 Å². The zero-order valence-electron chi connectivity index (χ0n) is 15.1. The van der Waals surface area contributed by atoms with Crippen molar-refractivity contribution in [2.75, 3.05) is 7.11 Å². The van der Waals surface area contributed by atoms with E-state index in [0.29, 0.717) is 25.0 Å². The second kappa shape index (κ2) is 6.56. The molecule has 3 heterocycles. The lowest BCUT2D eigenvalue weighted by Gasteiger charge is -2.32. The van der Waals surface area contributed by atoms with Crippen LogP contribution in [0.2, 0.25) is 0 Å². The van der Waals surface area contributed by atoms with Crippen molar-refractivity contribution in [1.82, 2.24) is 9.47 Å². The molecule has 1 aromatic heterocycles. The Labute approximate surface area is 153 Å². The van der Waals surface area contributed by atoms with Crippen LogP contribution in [-0.4, -0.2) is 39.8 Å². The monoisotopic (exact) mass is 359 g/mol. The second-order valence-electron chi connectivity index (χ2n) is 7.08. The summed E-state index contributed by atoms with van der Waals surface area (Å²) in [6, 6.07) is 3.25. The molecule has 0 bridgehead atoms. The number of methoxy groups -OCH3 is 1. The van der Waals surface area contributed by atoms with Gasteiger partial charge in [0.2, 0.25) is 0 Å². The van der Waals surface area contributed by atoms with Crippen LogP contribution in [0.1, 0.15) is 49.1 Å². The summed E-state index contributed by atoms with van der Waals surface area (Å²) < 4.78 is 7.01. The van der Waals surface area contributed by atoms with Crippen LogP contribution >= 0.6 is 11.8 Å². The maximum absolute atomic E-state index is 11.5. The second-order valence-corrected chi connectivity index (χ2v) is 7.92. The summed E-state index contributed by atoms with van der Waals surface area (Å²) in [7, 11) is 1.44. The Kier molecular flexibility index (Phi) is 4.40. The third-order valence-corrected chi connectivity index (χ3v) is 6.51. The van der Waals surface area contributed by atoms with Gasteiger partial charge in [-0.05, 0) is 32.8 Å². The Bertz CT molecular complexity index is 765. The van der Waals surface area contributed by atoms with E-state index in [1.807, 2.05) is 0 Å². The summed E-state index contributed by atoms with van der Waals surface area (Å²) in [5, 5.41) is 3.42. The van der Waals surface area contributed by atoms with Crippen LogP contribution in [-0.2, 0) is 16.1 Å². The summed E-state index contributed by atoms with van der Waals surface area (Å²) >= 11 is 1.76. The van der Waals surface area contributed by atoms with E-state index in [-0.39, 0.29) is 5.97 Å². The molecule has 0 unspecified atom stereocenters. The van der Waals surface area contributed by atoms with Gasteiger partial charge < -0.3 is 14.2 Å². The quantitative estimate of drug-likeness (QED) is 0.769. The van der Waals surface area contributed by atoms with Crippen molar-refractivity contribution < 1.29 is 9.53 Å². The van der Waals surface area contributed by atoms with Crippen molar-refractivity contribution in [3.63, 3.8) is 0 Å². The van der Waals surface area contributed by atoms with Gasteiger partial charge in [-0.15, -0.1) is 0 Å². The normalized spacial score (nSPS) is 24.7. The highest BCUT2D eigenvalue weighted by Gasteiger charge is 2.42. The molecule has 1 saturated carbocycles. The van der Waals surface area contributed by atoms with E-state index >= 15 is 0 Å². The number of fused-ring (bicyclic) bond motifs is 3. The topological polar surface area (TPSA) is 46.8 Å². The Hall–Kier alpha value is -1.69. The fourth-order valence-corrected chi connectivity index (χ4v) is 5.33. The number of carbonyl (C=O) groups is 1. The summed E-state index contributed by atoms with van der Waals surface area (Å²) in [6.07, 6.45) is 5.46. The van der Waals surface area contributed by atoms with Crippen molar-refractivity contribution in [3.8, 4) is 0 Å². The number of aliphatic imine (C=N–C) groups is 1. The number of thioether (sulfide) groups is 1. The minimum absolute atomic E-state index is 0.163.